The van der Waals surface area contributed by atoms with Crippen LogP contribution in [0.4, 0.5) is 14.6 Å². The number of hydrogen-bond acceptors (Lipinski definition) is 10. The highest BCUT2D eigenvalue weighted by atomic mass is 32.2. The lowest BCUT2D eigenvalue weighted by Gasteiger charge is -2.18. The first-order valence-corrected chi connectivity index (χ1v) is 12.3. The third-order valence-corrected chi connectivity index (χ3v) is 6.67. The highest BCUT2D eigenvalue weighted by Gasteiger charge is 2.47. The Hall–Kier alpha value is -2.16. The van der Waals surface area contributed by atoms with Crippen molar-refractivity contribution in [3.05, 3.63) is 0 Å². The summed E-state index contributed by atoms with van der Waals surface area (Å²) in [4.78, 5) is 21.5. The van der Waals surface area contributed by atoms with Gasteiger partial charge in [0.25, 0.3) is 5.92 Å². The fraction of sp³-hybridized carbons (Fsp3) is 0.750. The number of nitrogens with one attached hydrogen (secondary N) is 2. The molecule has 11 nitrogen and oxygen atoms in total. The Bertz CT molecular complexity index is 980. The normalized spacial score (nSPS) is 22.9. The third kappa shape index (κ3) is 5.90. The number of rotatable bonds is 12. The predicted octanol–water partition coefficient (Wildman–Crippen LogP) is 0.962. The number of aromatic nitrogens is 5. The van der Waals surface area contributed by atoms with Gasteiger partial charge in [-0.2, -0.15) is 0 Å². The predicted molar refractivity (Wildman–Crippen MR) is 122 cm³/mol. The summed E-state index contributed by atoms with van der Waals surface area (Å²) < 4.78 is 28.0. The van der Waals surface area contributed by atoms with E-state index in [1.54, 1.807) is 0 Å². The first-order valence-electron chi connectivity index (χ1n) is 11.3. The minimum absolute atomic E-state index is 0.0582. The Kier molecular flexibility index (Phi) is 8.95. The Balaban J connectivity index is 1.87. The Labute approximate surface area is 199 Å². The van der Waals surface area contributed by atoms with Crippen LogP contribution in [0.2, 0.25) is 0 Å². The van der Waals surface area contributed by atoms with Crippen LogP contribution in [0, 0.1) is 5.92 Å². The van der Waals surface area contributed by atoms with Crippen LogP contribution in [0.15, 0.2) is 5.16 Å². The number of alkyl halides is 2. The molecule has 0 unspecified atom stereocenters. The highest BCUT2D eigenvalue weighted by Crippen LogP contribution is 2.37. The average molecular weight is 504 g/mol. The molecule has 0 bridgehead atoms. The quantitative estimate of drug-likeness (QED) is 0.160. The number of carbonyl (C=O) groups is 1. The molecule has 3 rings (SSSR count). The molecule has 14 heteroatoms. The van der Waals surface area contributed by atoms with Crippen molar-refractivity contribution in [2.24, 2.45) is 5.92 Å². The number of unbranched alkanes of at least 4 members (excludes halogenated alkanes) is 1. The lowest BCUT2D eigenvalue weighted by Crippen LogP contribution is -2.44. The molecule has 0 aliphatic heterocycles. The van der Waals surface area contributed by atoms with Gasteiger partial charge in [0.2, 0.25) is 5.91 Å². The molecular weight excluding hydrogens is 472 g/mol. The van der Waals surface area contributed by atoms with Crippen molar-refractivity contribution >= 4 is 34.7 Å². The molecule has 0 spiro atoms. The number of aliphatic hydroxyl groups excluding tert-OH is 3. The second kappa shape index (κ2) is 11.5. The van der Waals surface area contributed by atoms with Crippen LogP contribution in [0.25, 0.3) is 11.2 Å². The topological polar surface area (TPSA) is 158 Å². The Morgan fingerprint density at radius 2 is 2.00 bits per heavy atom. The van der Waals surface area contributed by atoms with Gasteiger partial charge in [0, 0.05) is 12.3 Å². The summed E-state index contributed by atoms with van der Waals surface area (Å²) in [6.07, 6.45) is -0.108. The van der Waals surface area contributed by atoms with Gasteiger partial charge in [-0.15, -0.1) is 5.10 Å². The Morgan fingerprint density at radius 3 is 2.68 bits per heavy atom. The van der Waals surface area contributed by atoms with E-state index in [1.807, 2.05) is 12.2 Å². The number of aliphatic hydroxyl groups is 3. The summed E-state index contributed by atoms with van der Waals surface area (Å²) in [5.41, 5.74) is 0.742. The van der Waals surface area contributed by atoms with Crippen molar-refractivity contribution in [2.75, 3.05) is 30.8 Å². The van der Waals surface area contributed by atoms with Gasteiger partial charge >= 0.3 is 0 Å². The van der Waals surface area contributed by atoms with Gasteiger partial charge < -0.3 is 26.0 Å². The Morgan fingerprint density at radius 1 is 1.24 bits per heavy atom. The van der Waals surface area contributed by atoms with Gasteiger partial charge in [-0.3, -0.25) is 4.79 Å². The molecule has 1 amide bonds. The maximum absolute atomic E-state index is 13.3. The van der Waals surface area contributed by atoms with E-state index in [2.05, 4.69) is 32.5 Å². The monoisotopic (exact) mass is 503 g/mol. The standard InChI is InChI=1S/C20H31F2N7O4S/c1-3-5-6-23-16-13-17(26-19(25-16)34-7-4-2)29(28-27-13)12-8-11(14(31)15(12)32)18(33)24-9-20(21,22)10-30/h11-12,14-15,30-32H,3-10H2,1-2H3,(H,24,33)(H,23,25,26)/t11-,12+,14+,15-/m0/s1. The van der Waals surface area contributed by atoms with Crippen LogP contribution in [-0.4, -0.2) is 89.8 Å². The van der Waals surface area contributed by atoms with Gasteiger partial charge in [0.1, 0.15) is 12.7 Å². The van der Waals surface area contributed by atoms with Crippen molar-refractivity contribution in [1.82, 2.24) is 30.3 Å². The lowest BCUT2D eigenvalue weighted by atomic mass is 10.0. The van der Waals surface area contributed by atoms with Gasteiger partial charge in [-0.05, 0) is 19.3 Å². The largest absolute Gasteiger partial charge is 0.390 e. The van der Waals surface area contributed by atoms with Crippen LogP contribution in [0.1, 0.15) is 45.6 Å². The fourth-order valence-corrected chi connectivity index (χ4v) is 4.41. The molecule has 5 N–H and O–H groups in total. The molecule has 1 aliphatic rings. The number of carbonyl (C=O) groups excluding carboxylic acids is 1. The molecular formula is C20H31F2N7O4S. The molecule has 190 valence electrons. The van der Waals surface area contributed by atoms with Crippen LogP contribution in [0.5, 0.6) is 0 Å². The van der Waals surface area contributed by atoms with Crippen molar-refractivity contribution < 1.29 is 28.9 Å². The van der Waals surface area contributed by atoms with E-state index in [-0.39, 0.29) is 6.42 Å². The molecule has 2 heterocycles. The molecule has 34 heavy (non-hydrogen) atoms. The molecule has 2 aromatic rings. The van der Waals surface area contributed by atoms with Crippen LogP contribution >= 0.6 is 11.8 Å². The van der Waals surface area contributed by atoms with Crippen LogP contribution in [0.3, 0.4) is 0 Å². The first kappa shape index (κ1) is 26.4. The summed E-state index contributed by atoms with van der Waals surface area (Å²) in [6, 6.07) is -0.850. The molecule has 1 saturated carbocycles. The second-order valence-corrected chi connectivity index (χ2v) is 9.37. The molecule has 1 aliphatic carbocycles. The van der Waals surface area contributed by atoms with Crippen molar-refractivity contribution in [1.29, 1.82) is 0 Å². The van der Waals surface area contributed by atoms with Crippen LogP contribution < -0.4 is 10.6 Å². The van der Waals surface area contributed by atoms with Gasteiger partial charge in [-0.1, -0.05) is 37.2 Å². The maximum atomic E-state index is 13.3. The molecule has 4 atom stereocenters. The van der Waals surface area contributed by atoms with Gasteiger partial charge in [0.15, 0.2) is 22.1 Å². The lowest BCUT2D eigenvalue weighted by molar-refractivity contribution is -0.131. The molecule has 0 saturated heterocycles. The van der Waals surface area contributed by atoms with E-state index in [0.29, 0.717) is 28.7 Å². The summed E-state index contributed by atoms with van der Waals surface area (Å²) in [5.74, 6) is -4.16. The van der Waals surface area contributed by atoms with Crippen molar-refractivity contribution in [2.45, 2.75) is 68.9 Å². The third-order valence-electron chi connectivity index (χ3n) is 5.62. The van der Waals surface area contributed by atoms with Crippen molar-refractivity contribution in [3.8, 4) is 0 Å². The highest BCUT2D eigenvalue weighted by molar-refractivity contribution is 7.99. The molecule has 0 radical (unpaired) electrons. The number of thioether (sulfide) groups is 1. The van der Waals surface area contributed by atoms with Gasteiger partial charge in [-0.25, -0.2) is 23.4 Å². The molecule has 0 aromatic carbocycles. The van der Waals surface area contributed by atoms with E-state index in [1.165, 1.54) is 16.4 Å². The zero-order valence-electron chi connectivity index (χ0n) is 19.1. The fourth-order valence-electron chi connectivity index (χ4n) is 3.71. The summed E-state index contributed by atoms with van der Waals surface area (Å²) in [7, 11) is 0. The van der Waals surface area contributed by atoms with E-state index < -0.39 is 49.1 Å². The van der Waals surface area contributed by atoms with E-state index >= 15 is 0 Å². The summed E-state index contributed by atoms with van der Waals surface area (Å²) >= 11 is 1.46. The van der Waals surface area contributed by atoms with E-state index in [4.69, 9.17) is 5.11 Å². The smallest absolute Gasteiger partial charge is 0.287 e. The minimum atomic E-state index is -3.48. The number of halogens is 2. The number of fused-ring (bicyclic) bond motifs is 1. The zero-order valence-corrected chi connectivity index (χ0v) is 19.9. The minimum Gasteiger partial charge on any atom is -0.390 e. The SMILES string of the molecule is CCCCNc1nc(SCCC)nc2c1nnn2[C@@H]1C[C@H](C(=O)NCC(F)(F)CO)[C@@H](O)[C@H]1O. The molecule has 2 aromatic heterocycles. The van der Waals surface area contributed by atoms with E-state index in [0.717, 1.165) is 25.0 Å². The first-order chi connectivity index (χ1) is 16.2. The number of amides is 1. The average Bonchev–Trinajstić information content (AvgIpc) is 3.37. The second-order valence-electron chi connectivity index (χ2n) is 8.31. The number of nitrogens with zero attached hydrogens (tertiary/aromatic N) is 5. The number of anilines is 1. The summed E-state index contributed by atoms with van der Waals surface area (Å²) in [6.45, 7) is 2.30. The van der Waals surface area contributed by atoms with E-state index in [9.17, 15) is 23.8 Å². The molecule has 1 fully saturated rings. The van der Waals surface area contributed by atoms with Gasteiger partial charge in [0.05, 0.1) is 24.6 Å². The maximum Gasteiger partial charge on any atom is 0.287 e. The van der Waals surface area contributed by atoms with Crippen LogP contribution in [-0.2, 0) is 4.79 Å². The number of hydrogen-bond donors (Lipinski definition) is 5. The summed E-state index contributed by atoms with van der Waals surface area (Å²) in [5, 5.41) is 43.9. The van der Waals surface area contributed by atoms with Crippen molar-refractivity contribution in [3.63, 3.8) is 0 Å². The zero-order chi connectivity index (χ0) is 24.9.